The van der Waals surface area contributed by atoms with Crippen molar-refractivity contribution in [2.75, 3.05) is 26.4 Å². The Hall–Kier alpha value is -1.50. The summed E-state index contributed by atoms with van der Waals surface area (Å²) in [6, 6.07) is 3.23. The van der Waals surface area contributed by atoms with Gasteiger partial charge < -0.3 is 19.9 Å². The SMILES string of the molecule is O=C(N[C@@H]1CCOC[C@H]1OCCO)c1ccncc1. The number of pyridine rings is 1. The molecule has 1 aliphatic rings. The molecule has 1 aliphatic heterocycles. The van der Waals surface area contributed by atoms with Crippen LogP contribution in [-0.2, 0) is 9.47 Å². The van der Waals surface area contributed by atoms with E-state index in [9.17, 15) is 4.79 Å². The first-order valence-corrected chi connectivity index (χ1v) is 6.32. The predicted molar refractivity (Wildman–Crippen MR) is 67.8 cm³/mol. The molecule has 104 valence electrons. The van der Waals surface area contributed by atoms with E-state index < -0.39 is 0 Å². The summed E-state index contributed by atoms with van der Waals surface area (Å²) >= 11 is 0. The Balaban J connectivity index is 1.93. The van der Waals surface area contributed by atoms with Gasteiger partial charge >= 0.3 is 0 Å². The Morgan fingerprint density at radius 1 is 1.53 bits per heavy atom. The van der Waals surface area contributed by atoms with Crippen LogP contribution in [0.4, 0.5) is 0 Å². The Bertz CT molecular complexity index is 399. The number of aromatic nitrogens is 1. The first-order valence-electron chi connectivity index (χ1n) is 6.32. The highest BCUT2D eigenvalue weighted by atomic mass is 16.5. The Morgan fingerprint density at radius 2 is 2.32 bits per heavy atom. The number of rotatable bonds is 5. The fourth-order valence-corrected chi connectivity index (χ4v) is 2.00. The lowest BCUT2D eigenvalue weighted by atomic mass is 10.1. The molecule has 2 N–H and O–H groups in total. The maximum absolute atomic E-state index is 12.0. The molecule has 2 heterocycles. The summed E-state index contributed by atoms with van der Waals surface area (Å²) < 4.78 is 10.8. The number of carbonyl (C=O) groups is 1. The van der Waals surface area contributed by atoms with Crippen molar-refractivity contribution >= 4 is 5.91 Å². The average Bonchev–Trinajstić information content (AvgIpc) is 2.47. The summed E-state index contributed by atoms with van der Waals surface area (Å²) in [6.45, 7) is 1.23. The lowest BCUT2D eigenvalue weighted by Crippen LogP contribution is -2.50. The molecule has 1 aromatic heterocycles. The van der Waals surface area contributed by atoms with E-state index in [1.54, 1.807) is 24.5 Å². The van der Waals surface area contributed by atoms with Crippen LogP contribution < -0.4 is 5.32 Å². The minimum atomic E-state index is -0.216. The zero-order valence-corrected chi connectivity index (χ0v) is 10.6. The van der Waals surface area contributed by atoms with Gasteiger partial charge in [0.1, 0.15) is 6.10 Å². The molecule has 0 radical (unpaired) electrons. The topological polar surface area (TPSA) is 80.7 Å². The monoisotopic (exact) mass is 266 g/mol. The van der Waals surface area contributed by atoms with Crippen molar-refractivity contribution in [2.45, 2.75) is 18.6 Å². The Morgan fingerprint density at radius 3 is 3.05 bits per heavy atom. The summed E-state index contributed by atoms with van der Waals surface area (Å²) in [5.41, 5.74) is 0.572. The molecular formula is C13H18N2O4. The van der Waals surface area contributed by atoms with E-state index in [4.69, 9.17) is 14.6 Å². The van der Waals surface area contributed by atoms with Gasteiger partial charge in [0.15, 0.2) is 0 Å². The molecule has 2 atom stereocenters. The molecule has 6 nitrogen and oxygen atoms in total. The van der Waals surface area contributed by atoms with E-state index in [0.717, 1.165) is 0 Å². The third-order valence-electron chi connectivity index (χ3n) is 2.99. The second kappa shape index (κ2) is 7.18. The van der Waals surface area contributed by atoms with Gasteiger partial charge in [0.25, 0.3) is 5.91 Å². The van der Waals surface area contributed by atoms with Crippen molar-refractivity contribution in [3.05, 3.63) is 30.1 Å². The van der Waals surface area contributed by atoms with Crippen LogP contribution in [0.3, 0.4) is 0 Å². The molecular weight excluding hydrogens is 248 g/mol. The molecule has 0 saturated carbocycles. The van der Waals surface area contributed by atoms with E-state index in [0.29, 0.717) is 25.2 Å². The van der Waals surface area contributed by atoms with Gasteiger partial charge in [0.2, 0.25) is 0 Å². The molecule has 1 amide bonds. The van der Waals surface area contributed by atoms with E-state index in [1.165, 1.54) is 0 Å². The average molecular weight is 266 g/mol. The van der Waals surface area contributed by atoms with Gasteiger partial charge in [-0.1, -0.05) is 0 Å². The number of nitrogens with zero attached hydrogens (tertiary/aromatic N) is 1. The molecule has 0 spiro atoms. The third kappa shape index (κ3) is 3.99. The summed E-state index contributed by atoms with van der Waals surface area (Å²) in [5, 5.41) is 11.7. The van der Waals surface area contributed by atoms with Gasteiger partial charge in [-0.25, -0.2) is 0 Å². The Kier molecular flexibility index (Phi) is 5.26. The largest absolute Gasteiger partial charge is 0.394 e. The smallest absolute Gasteiger partial charge is 0.251 e. The minimum Gasteiger partial charge on any atom is -0.394 e. The first-order chi connectivity index (χ1) is 9.31. The van der Waals surface area contributed by atoms with E-state index >= 15 is 0 Å². The number of ether oxygens (including phenoxy) is 2. The summed E-state index contributed by atoms with van der Waals surface area (Å²) in [5.74, 6) is -0.146. The number of aliphatic hydroxyl groups is 1. The van der Waals surface area contributed by atoms with Crippen molar-refractivity contribution in [3.63, 3.8) is 0 Å². The van der Waals surface area contributed by atoms with Crippen molar-refractivity contribution < 1.29 is 19.4 Å². The summed E-state index contributed by atoms with van der Waals surface area (Å²) in [6.07, 6.45) is 3.65. The molecule has 2 rings (SSSR count). The van der Waals surface area contributed by atoms with Gasteiger partial charge in [-0.3, -0.25) is 9.78 Å². The van der Waals surface area contributed by atoms with Crippen LogP contribution in [0.15, 0.2) is 24.5 Å². The Labute approximate surface area is 111 Å². The van der Waals surface area contributed by atoms with Crippen LogP contribution in [0, 0.1) is 0 Å². The van der Waals surface area contributed by atoms with Crippen molar-refractivity contribution in [2.24, 2.45) is 0 Å². The third-order valence-corrected chi connectivity index (χ3v) is 2.99. The molecule has 1 saturated heterocycles. The van der Waals surface area contributed by atoms with Crippen LogP contribution in [0.5, 0.6) is 0 Å². The van der Waals surface area contributed by atoms with Gasteiger partial charge in [-0.2, -0.15) is 0 Å². The van der Waals surface area contributed by atoms with E-state index in [1.807, 2.05) is 0 Å². The summed E-state index contributed by atoms with van der Waals surface area (Å²) in [4.78, 5) is 15.9. The molecule has 6 heteroatoms. The quantitative estimate of drug-likeness (QED) is 0.782. The molecule has 0 aromatic carbocycles. The minimum absolute atomic E-state index is 0.0402. The fourth-order valence-electron chi connectivity index (χ4n) is 2.00. The van der Waals surface area contributed by atoms with Gasteiger partial charge in [0.05, 0.1) is 25.9 Å². The van der Waals surface area contributed by atoms with Crippen molar-refractivity contribution in [3.8, 4) is 0 Å². The van der Waals surface area contributed by atoms with Crippen molar-refractivity contribution in [1.82, 2.24) is 10.3 Å². The lowest BCUT2D eigenvalue weighted by molar-refractivity contribution is -0.0737. The highest BCUT2D eigenvalue weighted by Gasteiger charge is 2.28. The molecule has 0 bridgehead atoms. The standard InChI is InChI=1S/C13H18N2O4/c16-6-8-19-12-9-18-7-3-11(12)15-13(17)10-1-4-14-5-2-10/h1-2,4-5,11-12,16H,3,6-9H2,(H,15,17)/t11-,12-/m1/s1. The second-order valence-electron chi connectivity index (χ2n) is 4.31. The number of nitrogens with one attached hydrogen (secondary N) is 1. The second-order valence-corrected chi connectivity index (χ2v) is 4.31. The fraction of sp³-hybridized carbons (Fsp3) is 0.538. The number of amides is 1. The zero-order valence-electron chi connectivity index (χ0n) is 10.6. The number of aliphatic hydroxyl groups excluding tert-OH is 1. The van der Waals surface area contributed by atoms with Gasteiger partial charge in [-0.15, -0.1) is 0 Å². The first kappa shape index (κ1) is 13.9. The molecule has 1 aromatic rings. The van der Waals surface area contributed by atoms with Crippen LogP contribution in [0.2, 0.25) is 0 Å². The molecule has 1 fully saturated rings. The van der Waals surface area contributed by atoms with Crippen molar-refractivity contribution in [1.29, 1.82) is 0 Å². The summed E-state index contributed by atoms with van der Waals surface area (Å²) in [7, 11) is 0. The molecule has 0 aliphatic carbocycles. The molecule has 0 unspecified atom stereocenters. The van der Waals surface area contributed by atoms with Crippen LogP contribution in [-0.4, -0.2) is 54.6 Å². The van der Waals surface area contributed by atoms with E-state index in [2.05, 4.69) is 10.3 Å². The number of carbonyl (C=O) groups excluding carboxylic acids is 1. The highest BCUT2D eigenvalue weighted by molar-refractivity contribution is 5.94. The zero-order chi connectivity index (χ0) is 13.5. The number of hydrogen-bond donors (Lipinski definition) is 2. The van der Waals surface area contributed by atoms with Crippen LogP contribution in [0.25, 0.3) is 0 Å². The highest BCUT2D eigenvalue weighted by Crippen LogP contribution is 2.12. The maximum atomic E-state index is 12.0. The van der Waals surface area contributed by atoms with Crippen LogP contribution in [0.1, 0.15) is 16.8 Å². The van der Waals surface area contributed by atoms with Gasteiger partial charge in [-0.05, 0) is 18.6 Å². The van der Waals surface area contributed by atoms with Gasteiger partial charge in [0, 0.05) is 24.6 Å². The maximum Gasteiger partial charge on any atom is 0.251 e. The molecule has 19 heavy (non-hydrogen) atoms. The lowest BCUT2D eigenvalue weighted by Gasteiger charge is -2.31. The normalized spacial score (nSPS) is 23.0. The van der Waals surface area contributed by atoms with Crippen LogP contribution >= 0.6 is 0 Å². The van der Waals surface area contributed by atoms with E-state index in [-0.39, 0.29) is 31.3 Å². The number of hydrogen-bond acceptors (Lipinski definition) is 5. The predicted octanol–water partition coefficient (Wildman–Crippen LogP) is -0.0222.